The molecule has 156 valence electrons. The molecule has 6 nitrogen and oxygen atoms in total. The summed E-state index contributed by atoms with van der Waals surface area (Å²) in [7, 11) is 1.55. The van der Waals surface area contributed by atoms with Gasteiger partial charge in [-0.1, -0.05) is 43.3 Å². The molecule has 0 atom stereocenters. The number of carbonyl (C=O) groups is 2. The maximum atomic E-state index is 13.7. The molecule has 0 spiro atoms. The average molecular weight is 405 g/mol. The fourth-order valence-corrected chi connectivity index (χ4v) is 4.16. The van der Waals surface area contributed by atoms with Crippen LogP contribution in [0.3, 0.4) is 0 Å². The van der Waals surface area contributed by atoms with Gasteiger partial charge in [0.1, 0.15) is 11.4 Å². The molecule has 1 saturated heterocycles. The lowest BCUT2D eigenvalue weighted by Gasteiger charge is -2.36. The van der Waals surface area contributed by atoms with E-state index in [2.05, 4.69) is 16.7 Å². The van der Waals surface area contributed by atoms with Crippen LogP contribution in [0.1, 0.15) is 18.1 Å². The molecule has 2 aromatic rings. The first-order chi connectivity index (χ1) is 14.5. The number of benzene rings is 2. The zero-order valence-corrected chi connectivity index (χ0v) is 17.7. The number of rotatable bonds is 5. The third-order valence-corrected chi connectivity index (χ3v) is 5.83. The van der Waals surface area contributed by atoms with E-state index >= 15 is 0 Å². The lowest BCUT2D eigenvalue weighted by molar-refractivity contribution is -0.120. The molecular weight excluding hydrogens is 378 g/mol. The summed E-state index contributed by atoms with van der Waals surface area (Å²) in [5.74, 6) is -0.0810. The van der Waals surface area contributed by atoms with Crippen molar-refractivity contribution >= 4 is 23.1 Å². The zero-order valence-electron chi connectivity index (χ0n) is 17.7. The van der Waals surface area contributed by atoms with Crippen LogP contribution in [0.15, 0.2) is 54.2 Å². The lowest BCUT2D eigenvalue weighted by Crippen LogP contribution is -2.47. The number of carbonyl (C=O) groups excluding carboxylic acids is 2. The number of anilines is 1. The van der Waals surface area contributed by atoms with Gasteiger partial charge in [-0.3, -0.25) is 9.59 Å². The van der Waals surface area contributed by atoms with Crippen molar-refractivity contribution in [1.82, 2.24) is 9.80 Å². The molecular formula is C24H27N3O3. The fraction of sp³-hybridized carbons (Fsp3) is 0.333. The van der Waals surface area contributed by atoms with Gasteiger partial charge in [-0.25, -0.2) is 4.90 Å². The summed E-state index contributed by atoms with van der Waals surface area (Å²) in [6, 6.07) is 15.0. The van der Waals surface area contributed by atoms with Crippen molar-refractivity contribution < 1.29 is 14.3 Å². The largest absolute Gasteiger partial charge is 0.495 e. The van der Waals surface area contributed by atoms with Gasteiger partial charge in [-0.05, 0) is 36.7 Å². The molecule has 2 aromatic carbocycles. The molecule has 0 aliphatic carbocycles. The number of ether oxygens (including phenoxy) is 1. The van der Waals surface area contributed by atoms with E-state index in [1.165, 1.54) is 4.90 Å². The van der Waals surface area contributed by atoms with Crippen molar-refractivity contribution in [3.8, 4) is 5.75 Å². The normalized spacial score (nSPS) is 17.8. The minimum Gasteiger partial charge on any atom is -0.495 e. The molecule has 0 unspecified atom stereocenters. The average Bonchev–Trinajstić information content (AvgIpc) is 3.04. The van der Waals surface area contributed by atoms with Crippen molar-refractivity contribution in [3.05, 3.63) is 65.4 Å². The number of likely N-dealkylation sites (N-methyl/N-ethyl adjacent to an activating group) is 1. The molecule has 0 aromatic heterocycles. The SMILES string of the molecule is CCN1CCN(C2=C(c3ccccc3)C(=O)N(c3cc(C)ccc3OC)C2=O)CC1. The quantitative estimate of drug-likeness (QED) is 0.716. The second-order valence-corrected chi connectivity index (χ2v) is 7.63. The van der Waals surface area contributed by atoms with E-state index in [0.29, 0.717) is 22.7 Å². The van der Waals surface area contributed by atoms with Crippen molar-refractivity contribution in [3.63, 3.8) is 0 Å². The number of imide groups is 1. The Bertz CT molecular complexity index is 992. The van der Waals surface area contributed by atoms with Crippen LogP contribution in [0.25, 0.3) is 5.57 Å². The predicted octanol–water partition coefficient (Wildman–Crippen LogP) is 2.93. The van der Waals surface area contributed by atoms with Gasteiger partial charge in [0.25, 0.3) is 11.8 Å². The van der Waals surface area contributed by atoms with Crippen molar-refractivity contribution in [2.45, 2.75) is 13.8 Å². The van der Waals surface area contributed by atoms with Gasteiger partial charge in [0.15, 0.2) is 0 Å². The van der Waals surface area contributed by atoms with Gasteiger partial charge in [-0.15, -0.1) is 0 Å². The van der Waals surface area contributed by atoms with Gasteiger partial charge >= 0.3 is 0 Å². The standard InChI is InChI=1S/C24H27N3O3/c1-4-25-12-14-26(15-13-25)22-21(18-8-6-5-7-9-18)23(28)27(24(22)29)19-16-17(2)10-11-20(19)30-3/h5-11,16H,4,12-15H2,1-3H3. The maximum absolute atomic E-state index is 13.7. The van der Waals surface area contributed by atoms with E-state index in [0.717, 1.165) is 43.9 Å². The van der Waals surface area contributed by atoms with E-state index in [1.807, 2.05) is 49.4 Å². The number of hydrogen-bond donors (Lipinski definition) is 0. The summed E-state index contributed by atoms with van der Waals surface area (Å²) in [6.45, 7) is 8.24. The highest BCUT2D eigenvalue weighted by Crippen LogP contribution is 2.39. The Balaban J connectivity index is 1.80. The van der Waals surface area contributed by atoms with E-state index < -0.39 is 0 Å². The smallest absolute Gasteiger partial charge is 0.282 e. The van der Waals surface area contributed by atoms with E-state index in [-0.39, 0.29) is 11.8 Å². The summed E-state index contributed by atoms with van der Waals surface area (Å²) in [5, 5.41) is 0. The highest BCUT2D eigenvalue weighted by molar-refractivity contribution is 6.45. The first-order valence-corrected chi connectivity index (χ1v) is 10.4. The Labute approximate surface area is 177 Å². The molecule has 2 heterocycles. The number of amides is 2. The number of nitrogens with zero attached hydrogens (tertiary/aromatic N) is 3. The Hall–Kier alpha value is -3.12. The fourth-order valence-electron chi connectivity index (χ4n) is 4.16. The molecule has 2 aliphatic rings. The monoisotopic (exact) mass is 405 g/mol. The van der Waals surface area contributed by atoms with Crippen LogP contribution < -0.4 is 9.64 Å². The van der Waals surface area contributed by atoms with Crippen LogP contribution in [-0.4, -0.2) is 61.4 Å². The van der Waals surface area contributed by atoms with Gasteiger partial charge in [0.05, 0.1) is 18.4 Å². The van der Waals surface area contributed by atoms with Crippen LogP contribution >= 0.6 is 0 Å². The second-order valence-electron chi connectivity index (χ2n) is 7.63. The van der Waals surface area contributed by atoms with Crippen LogP contribution in [0.4, 0.5) is 5.69 Å². The highest BCUT2D eigenvalue weighted by atomic mass is 16.5. The molecule has 1 fully saturated rings. The Morgan fingerprint density at radius 2 is 1.63 bits per heavy atom. The second kappa shape index (κ2) is 8.32. The molecule has 0 N–H and O–H groups in total. The third-order valence-electron chi connectivity index (χ3n) is 5.83. The van der Waals surface area contributed by atoms with Crippen LogP contribution in [-0.2, 0) is 9.59 Å². The predicted molar refractivity (Wildman–Crippen MR) is 117 cm³/mol. The number of aryl methyl sites for hydroxylation is 1. The van der Waals surface area contributed by atoms with Crippen LogP contribution in [0.5, 0.6) is 5.75 Å². The topological polar surface area (TPSA) is 53.1 Å². The third kappa shape index (κ3) is 3.48. The maximum Gasteiger partial charge on any atom is 0.282 e. The molecule has 30 heavy (non-hydrogen) atoms. The van der Waals surface area contributed by atoms with E-state index in [9.17, 15) is 9.59 Å². The van der Waals surface area contributed by atoms with Crippen LogP contribution in [0.2, 0.25) is 0 Å². The Morgan fingerprint density at radius 1 is 0.933 bits per heavy atom. The van der Waals surface area contributed by atoms with Gasteiger partial charge < -0.3 is 14.5 Å². The van der Waals surface area contributed by atoms with Crippen LogP contribution in [0, 0.1) is 6.92 Å². The minimum absolute atomic E-state index is 0.285. The molecule has 0 bridgehead atoms. The Morgan fingerprint density at radius 3 is 2.27 bits per heavy atom. The molecule has 2 aliphatic heterocycles. The van der Waals surface area contributed by atoms with Gasteiger partial charge in [0, 0.05) is 26.2 Å². The lowest BCUT2D eigenvalue weighted by atomic mass is 10.0. The number of hydrogen-bond acceptors (Lipinski definition) is 5. The summed E-state index contributed by atoms with van der Waals surface area (Å²) in [5.41, 5.74) is 3.17. The number of piperazine rings is 1. The molecule has 0 saturated carbocycles. The van der Waals surface area contributed by atoms with Crippen molar-refractivity contribution in [2.75, 3.05) is 44.7 Å². The zero-order chi connectivity index (χ0) is 21.3. The molecule has 0 radical (unpaired) electrons. The number of methoxy groups -OCH3 is 1. The molecule has 2 amide bonds. The summed E-state index contributed by atoms with van der Waals surface area (Å²) >= 11 is 0. The summed E-state index contributed by atoms with van der Waals surface area (Å²) < 4.78 is 5.47. The molecule has 4 rings (SSSR count). The molecule has 6 heteroatoms. The minimum atomic E-state index is -0.303. The highest BCUT2D eigenvalue weighted by Gasteiger charge is 2.43. The van der Waals surface area contributed by atoms with E-state index in [4.69, 9.17) is 4.74 Å². The first-order valence-electron chi connectivity index (χ1n) is 10.4. The first kappa shape index (κ1) is 20.2. The van der Waals surface area contributed by atoms with Crippen molar-refractivity contribution in [2.24, 2.45) is 0 Å². The Kier molecular flexibility index (Phi) is 5.59. The van der Waals surface area contributed by atoms with Crippen molar-refractivity contribution in [1.29, 1.82) is 0 Å². The summed E-state index contributed by atoms with van der Waals surface area (Å²) in [6.07, 6.45) is 0. The van der Waals surface area contributed by atoms with Gasteiger partial charge in [-0.2, -0.15) is 0 Å². The van der Waals surface area contributed by atoms with E-state index in [1.54, 1.807) is 13.2 Å². The van der Waals surface area contributed by atoms with Gasteiger partial charge in [0.2, 0.25) is 0 Å². The summed E-state index contributed by atoms with van der Waals surface area (Å²) in [4.78, 5) is 33.0.